The average Bonchev–Trinajstić information content (AvgIpc) is 2.86. The fraction of sp³-hybridized carbons (Fsp3) is 0.529. The Bertz CT molecular complexity index is 1040. The van der Waals surface area contributed by atoms with Crippen molar-refractivity contribution in [3.63, 3.8) is 0 Å². The third-order valence-electron chi connectivity index (χ3n) is 6.12. The van der Waals surface area contributed by atoms with Crippen LogP contribution >= 0.6 is 0 Å². The Kier molecular flexibility index (Phi) is 3.16. The van der Waals surface area contributed by atoms with Gasteiger partial charge in [0.05, 0.1) is 5.52 Å². The molecule has 11 heteroatoms. The zero-order valence-corrected chi connectivity index (χ0v) is 14.1. The molecule has 1 unspecified atom stereocenters. The molecule has 2 heterocycles. The standard InChI is InChI=1S/C17H12F7N3O/c18-8-5-9-13(12(20)11(8)19)27-14(25-9)26(15(27)2-1-3-15)10(28)4-7-6-16(21,22)17(7,23)24/h5,7H,1-4,6H2. The van der Waals surface area contributed by atoms with Crippen LogP contribution in [0, 0.1) is 23.4 Å². The predicted octanol–water partition coefficient (Wildman–Crippen LogP) is 4.32. The maximum atomic E-state index is 14.3. The summed E-state index contributed by atoms with van der Waals surface area (Å²) in [6, 6.07) is 0.689. The lowest BCUT2D eigenvalue weighted by molar-refractivity contribution is -0.313. The highest BCUT2D eigenvalue weighted by molar-refractivity contribution is 5.99. The molecular formula is C17H12F7N3O. The van der Waals surface area contributed by atoms with Gasteiger partial charge in [-0.25, -0.2) is 18.2 Å². The first-order chi connectivity index (χ1) is 13.0. The molecule has 2 aliphatic carbocycles. The van der Waals surface area contributed by atoms with Crippen molar-refractivity contribution in [1.29, 1.82) is 0 Å². The summed E-state index contributed by atoms with van der Waals surface area (Å²) < 4.78 is 95.9. The van der Waals surface area contributed by atoms with Gasteiger partial charge in [0.25, 0.3) is 0 Å². The molecule has 1 amide bonds. The Morgan fingerprint density at radius 1 is 1.14 bits per heavy atom. The maximum absolute atomic E-state index is 14.3. The lowest BCUT2D eigenvalue weighted by Gasteiger charge is -2.58. The van der Waals surface area contributed by atoms with Gasteiger partial charge in [0.2, 0.25) is 11.9 Å². The van der Waals surface area contributed by atoms with E-state index in [0.29, 0.717) is 25.3 Å². The van der Waals surface area contributed by atoms with E-state index in [2.05, 4.69) is 4.98 Å². The minimum absolute atomic E-state index is 0.127. The van der Waals surface area contributed by atoms with Gasteiger partial charge in [0.15, 0.2) is 17.5 Å². The van der Waals surface area contributed by atoms with E-state index in [9.17, 15) is 35.5 Å². The molecule has 28 heavy (non-hydrogen) atoms. The molecule has 0 bridgehead atoms. The normalized spacial score (nSPS) is 25.8. The minimum Gasteiger partial charge on any atom is -0.282 e. The molecular weight excluding hydrogens is 395 g/mol. The number of benzene rings is 1. The molecule has 2 saturated carbocycles. The van der Waals surface area contributed by atoms with Crippen molar-refractivity contribution in [2.45, 2.75) is 49.6 Å². The second-order valence-electron chi connectivity index (χ2n) is 7.60. The predicted molar refractivity (Wildman–Crippen MR) is 81.5 cm³/mol. The average molecular weight is 407 g/mol. The second kappa shape index (κ2) is 4.98. The molecule has 1 atom stereocenters. The van der Waals surface area contributed by atoms with Crippen LogP contribution in [0.5, 0.6) is 0 Å². The number of rotatable bonds is 2. The number of nitrogens with zero attached hydrogens (tertiary/aromatic N) is 3. The lowest BCUT2D eigenvalue weighted by Crippen LogP contribution is -2.67. The first-order valence-electron chi connectivity index (χ1n) is 8.66. The molecule has 3 aliphatic rings. The van der Waals surface area contributed by atoms with E-state index in [1.807, 2.05) is 0 Å². The molecule has 2 fully saturated rings. The fourth-order valence-corrected chi connectivity index (χ4v) is 4.44. The molecule has 5 rings (SSSR count). The number of carbonyl (C=O) groups is 1. The van der Waals surface area contributed by atoms with Crippen LogP contribution in [-0.2, 0) is 10.5 Å². The highest BCUT2D eigenvalue weighted by Crippen LogP contribution is 2.59. The first kappa shape index (κ1) is 17.7. The van der Waals surface area contributed by atoms with Crippen molar-refractivity contribution in [2.24, 2.45) is 5.92 Å². The topological polar surface area (TPSA) is 38.1 Å². The molecule has 1 aromatic carbocycles. The zero-order valence-electron chi connectivity index (χ0n) is 14.1. The van der Waals surface area contributed by atoms with Crippen LogP contribution in [-0.4, -0.2) is 27.3 Å². The van der Waals surface area contributed by atoms with E-state index in [-0.39, 0.29) is 17.0 Å². The summed E-state index contributed by atoms with van der Waals surface area (Å²) in [6.45, 7) is 0. The molecule has 0 N–H and O–H groups in total. The monoisotopic (exact) mass is 407 g/mol. The Labute approximate surface area is 152 Å². The van der Waals surface area contributed by atoms with E-state index in [1.54, 1.807) is 0 Å². The number of hydrogen-bond donors (Lipinski definition) is 0. The number of imidazole rings is 1. The van der Waals surface area contributed by atoms with Gasteiger partial charge < -0.3 is 0 Å². The summed E-state index contributed by atoms with van der Waals surface area (Å²) in [7, 11) is 0. The van der Waals surface area contributed by atoms with Crippen molar-refractivity contribution in [1.82, 2.24) is 9.55 Å². The largest absolute Gasteiger partial charge is 0.313 e. The van der Waals surface area contributed by atoms with E-state index < -0.39 is 59.6 Å². The Morgan fingerprint density at radius 3 is 2.36 bits per heavy atom. The second-order valence-corrected chi connectivity index (χ2v) is 7.60. The van der Waals surface area contributed by atoms with Crippen LogP contribution in [0.2, 0.25) is 0 Å². The van der Waals surface area contributed by atoms with Crippen LogP contribution in [0.3, 0.4) is 0 Å². The summed E-state index contributed by atoms with van der Waals surface area (Å²) in [5.41, 5.74) is -1.62. The van der Waals surface area contributed by atoms with Crippen molar-refractivity contribution in [2.75, 3.05) is 4.90 Å². The third kappa shape index (κ3) is 1.82. The smallest absolute Gasteiger partial charge is 0.282 e. The number of aromatic nitrogens is 2. The van der Waals surface area contributed by atoms with E-state index in [1.165, 1.54) is 4.57 Å². The Morgan fingerprint density at radius 2 is 1.82 bits per heavy atom. The number of amides is 1. The van der Waals surface area contributed by atoms with Crippen molar-refractivity contribution >= 4 is 22.9 Å². The number of hydrogen-bond acceptors (Lipinski definition) is 2. The van der Waals surface area contributed by atoms with Gasteiger partial charge in [-0.1, -0.05) is 0 Å². The van der Waals surface area contributed by atoms with Crippen LogP contribution < -0.4 is 4.90 Å². The number of carbonyl (C=O) groups excluding carboxylic acids is 1. The SMILES string of the molecule is O=C(CC1CC(F)(F)C1(F)F)N1c2nc3cc(F)c(F)c(F)c3n2C12CCC2. The summed E-state index contributed by atoms with van der Waals surface area (Å²) in [5.74, 6) is -15.8. The lowest BCUT2D eigenvalue weighted by atomic mass is 9.73. The van der Waals surface area contributed by atoms with Crippen molar-refractivity contribution in [3.8, 4) is 0 Å². The summed E-state index contributed by atoms with van der Waals surface area (Å²) in [4.78, 5) is 17.7. The highest BCUT2D eigenvalue weighted by atomic mass is 19.3. The van der Waals surface area contributed by atoms with Gasteiger partial charge in [-0.3, -0.25) is 14.3 Å². The van der Waals surface area contributed by atoms with Crippen molar-refractivity contribution in [3.05, 3.63) is 23.5 Å². The van der Waals surface area contributed by atoms with Crippen LogP contribution in [0.4, 0.5) is 36.7 Å². The van der Waals surface area contributed by atoms with Gasteiger partial charge in [-0.15, -0.1) is 0 Å². The highest BCUT2D eigenvalue weighted by Gasteiger charge is 2.72. The van der Waals surface area contributed by atoms with Crippen LogP contribution in [0.1, 0.15) is 32.1 Å². The minimum atomic E-state index is -4.28. The van der Waals surface area contributed by atoms with E-state index >= 15 is 0 Å². The van der Waals surface area contributed by atoms with Gasteiger partial charge in [-0.05, 0) is 19.3 Å². The van der Waals surface area contributed by atoms with Gasteiger partial charge in [0.1, 0.15) is 11.2 Å². The molecule has 150 valence electrons. The number of halogens is 7. The zero-order chi connectivity index (χ0) is 20.2. The van der Waals surface area contributed by atoms with Gasteiger partial charge in [-0.2, -0.15) is 17.6 Å². The molecule has 4 nitrogen and oxygen atoms in total. The summed E-state index contributed by atoms with van der Waals surface area (Å²) >= 11 is 0. The molecule has 1 spiro atoms. The number of fused-ring (bicyclic) bond motifs is 4. The molecule has 0 saturated heterocycles. The molecule has 1 aromatic heterocycles. The Balaban J connectivity index is 1.53. The van der Waals surface area contributed by atoms with Gasteiger partial charge in [0, 0.05) is 24.8 Å². The number of alkyl halides is 4. The van der Waals surface area contributed by atoms with Crippen LogP contribution in [0.25, 0.3) is 11.0 Å². The number of anilines is 1. The third-order valence-corrected chi connectivity index (χ3v) is 6.12. The van der Waals surface area contributed by atoms with E-state index in [0.717, 1.165) is 4.90 Å². The first-order valence-corrected chi connectivity index (χ1v) is 8.66. The quantitative estimate of drug-likeness (QED) is 0.550. The summed E-state index contributed by atoms with van der Waals surface area (Å²) in [6.07, 6.45) is -0.613. The molecule has 1 aliphatic heterocycles. The molecule has 0 radical (unpaired) electrons. The fourth-order valence-electron chi connectivity index (χ4n) is 4.44. The summed E-state index contributed by atoms with van der Waals surface area (Å²) in [5, 5.41) is 0. The van der Waals surface area contributed by atoms with Crippen LogP contribution in [0.15, 0.2) is 6.07 Å². The van der Waals surface area contributed by atoms with Crippen molar-refractivity contribution < 1.29 is 35.5 Å². The van der Waals surface area contributed by atoms with Gasteiger partial charge >= 0.3 is 11.8 Å². The molecule has 2 aromatic rings. The maximum Gasteiger partial charge on any atom is 0.313 e. The Hall–Kier alpha value is -2.33. The van der Waals surface area contributed by atoms with E-state index in [4.69, 9.17) is 0 Å².